The number of thiophene rings is 1. The smallest absolute Gasteiger partial charge is 0.159 e. The first kappa shape index (κ1) is 12.8. The highest BCUT2D eigenvalue weighted by Gasteiger charge is 2.17. The number of Topliss-reactive ketones (excluding diaryl/α,β-unsaturated/α-hetero) is 1. The molecule has 0 amide bonds. The van der Waals surface area contributed by atoms with Crippen molar-refractivity contribution in [1.82, 2.24) is 0 Å². The van der Waals surface area contributed by atoms with Crippen molar-refractivity contribution < 1.29 is 9.53 Å². The maximum Gasteiger partial charge on any atom is 0.159 e. The first-order valence-corrected chi connectivity index (χ1v) is 6.53. The third-order valence-electron chi connectivity index (χ3n) is 2.71. The quantitative estimate of drug-likeness (QED) is 0.900. The normalized spacial score (nSPS) is 12.1. The van der Waals surface area contributed by atoms with Crippen LogP contribution in [0, 0.1) is 0 Å². The highest BCUT2D eigenvalue weighted by atomic mass is 32.1. The Labute approximate surface area is 110 Å². The van der Waals surface area contributed by atoms with Gasteiger partial charge in [0.05, 0.1) is 13.2 Å². The Hall–Kier alpha value is -1.65. The zero-order valence-corrected chi connectivity index (χ0v) is 10.9. The lowest BCUT2D eigenvalue weighted by molar-refractivity contribution is -0.119. The number of benzene rings is 1. The zero-order chi connectivity index (χ0) is 13.0. The first-order chi connectivity index (χ1) is 8.70. The number of hydrogen-bond donors (Lipinski definition) is 1. The molecule has 1 aromatic carbocycles. The Kier molecular flexibility index (Phi) is 4.12. The molecule has 0 aliphatic carbocycles. The van der Waals surface area contributed by atoms with Gasteiger partial charge in [-0.05, 0) is 29.1 Å². The van der Waals surface area contributed by atoms with Crippen molar-refractivity contribution in [3.8, 4) is 5.75 Å². The van der Waals surface area contributed by atoms with Crippen molar-refractivity contribution in [2.24, 2.45) is 5.73 Å². The van der Waals surface area contributed by atoms with Gasteiger partial charge in [-0.3, -0.25) is 4.79 Å². The van der Waals surface area contributed by atoms with Crippen molar-refractivity contribution in [3.63, 3.8) is 0 Å². The molecule has 0 spiro atoms. The second kappa shape index (κ2) is 5.80. The van der Waals surface area contributed by atoms with Gasteiger partial charge in [-0.2, -0.15) is 0 Å². The number of ether oxygens (including phenoxy) is 1. The molecule has 0 fully saturated rings. The minimum absolute atomic E-state index is 0.0192. The summed E-state index contributed by atoms with van der Waals surface area (Å²) in [4.78, 5) is 13.0. The molecule has 1 unspecified atom stereocenters. The van der Waals surface area contributed by atoms with E-state index in [1.165, 1.54) is 11.3 Å². The van der Waals surface area contributed by atoms with Crippen LogP contribution in [0.25, 0.3) is 0 Å². The zero-order valence-electron chi connectivity index (χ0n) is 10.1. The van der Waals surface area contributed by atoms with Gasteiger partial charge in [-0.1, -0.05) is 18.2 Å². The molecule has 1 atom stereocenters. The van der Waals surface area contributed by atoms with E-state index in [0.717, 1.165) is 16.2 Å². The highest BCUT2D eigenvalue weighted by molar-refractivity contribution is 7.10. The summed E-state index contributed by atoms with van der Waals surface area (Å²) in [5.41, 5.74) is 6.85. The molecule has 2 rings (SSSR count). The van der Waals surface area contributed by atoms with Gasteiger partial charge in [0, 0.05) is 11.3 Å². The number of ketones is 1. The maximum atomic E-state index is 12.1. The fraction of sp³-hybridized carbons (Fsp3) is 0.214. The largest absolute Gasteiger partial charge is 0.497 e. The molecule has 0 saturated carbocycles. The van der Waals surface area contributed by atoms with Crippen LogP contribution in [0.2, 0.25) is 0 Å². The van der Waals surface area contributed by atoms with Gasteiger partial charge in [-0.25, -0.2) is 0 Å². The maximum absolute atomic E-state index is 12.1. The minimum atomic E-state index is -0.531. The van der Waals surface area contributed by atoms with Gasteiger partial charge < -0.3 is 10.5 Å². The molecule has 0 saturated heterocycles. The minimum Gasteiger partial charge on any atom is -0.497 e. The monoisotopic (exact) mass is 261 g/mol. The van der Waals surface area contributed by atoms with Gasteiger partial charge in [0.25, 0.3) is 0 Å². The first-order valence-electron chi connectivity index (χ1n) is 5.65. The predicted molar refractivity (Wildman–Crippen MR) is 73.0 cm³/mol. The fourth-order valence-electron chi connectivity index (χ4n) is 1.72. The van der Waals surface area contributed by atoms with Crippen LogP contribution in [0.15, 0.2) is 41.8 Å². The molecule has 1 aromatic heterocycles. The average molecular weight is 261 g/mol. The van der Waals surface area contributed by atoms with Gasteiger partial charge >= 0.3 is 0 Å². The van der Waals surface area contributed by atoms with E-state index in [1.54, 1.807) is 7.11 Å². The Morgan fingerprint density at radius 3 is 2.89 bits per heavy atom. The van der Waals surface area contributed by atoms with E-state index in [4.69, 9.17) is 10.5 Å². The number of rotatable bonds is 5. The molecule has 0 aliphatic rings. The predicted octanol–water partition coefficient (Wildman–Crippen LogP) is 2.57. The Bertz CT molecular complexity index is 522. The Morgan fingerprint density at radius 1 is 1.39 bits per heavy atom. The number of carbonyl (C=O) groups excluding carboxylic acids is 1. The summed E-state index contributed by atoms with van der Waals surface area (Å²) in [5, 5.41) is 1.92. The van der Waals surface area contributed by atoms with Gasteiger partial charge in [0.2, 0.25) is 0 Å². The van der Waals surface area contributed by atoms with Crippen molar-refractivity contribution in [2.75, 3.05) is 7.11 Å². The molecule has 18 heavy (non-hydrogen) atoms. The number of methoxy groups -OCH3 is 1. The summed E-state index contributed by atoms with van der Waals surface area (Å²) in [5.74, 6) is 0.774. The molecule has 4 heteroatoms. The molecule has 1 heterocycles. The summed E-state index contributed by atoms with van der Waals surface area (Å²) in [7, 11) is 1.61. The number of hydrogen-bond acceptors (Lipinski definition) is 4. The molecule has 3 nitrogen and oxygen atoms in total. The Morgan fingerprint density at radius 2 is 2.22 bits per heavy atom. The van der Waals surface area contributed by atoms with Crippen molar-refractivity contribution in [1.29, 1.82) is 0 Å². The van der Waals surface area contributed by atoms with E-state index in [-0.39, 0.29) is 5.78 Å². The van der Waals surface area contributed by atoms with E-state index in [2.05, 4.69) is 0 Å². The fourth-order valence-corrected chi connectivity index (χ4v) is 2.47. The van der Waals surface area contributed by atoms with E-state index >= 15 is 0 Å². The molecule has 0 bridgehead atoms. The second-order valence-electron chi connectivity index (χ2n) is 3.99. The van der Waals surface area contributed by atoms with E-state index < -0.39 is 6.04 Å². The van der Waals surface area contributed by atoms with Crippen LogP contribution in [0.4, 0.5) is 0 Å². The van der Waals surface area contributed by atoms with Crippen molar-refractivity contribution in [3.05, 3.63) is 52.2 Å². The standard InChI is InChI=1S/C14H15NO2S/c1-17-11-5-2-4-10(8-11)9-12(16)14(15)13-6-3-7-18-13/h2-8,14H,9,15H2,1H3. The van der Waals surface area contributed by atoms with Crippen LogP contribution < -0.4 is 10.5 Å². The number of nitrogens with two attached hydrogens (primary N) is 1. The lowest BCUT2D eigenvalue weighted by Gasteiger charge is -2.09. The third kappa shape index (κ3) is 2.97. The van der Waals surface area contributed by atoms with Gasteiger partial charge in [0.15, 0.2) is 5.78 Å². The van der Waals surface area contributed by atoms with Gasteiger partial charge in [-0.15, -0.1) is 11.3 Å². The molecule has 2 aromatic rings. The summed E-state index contributed by atoms with van der Waals surface area (Å²) in [6.07, 6.45) is 0.330. The van der Waals surface area contributed by atoms with E-state index in [9.17, 15) is 4.79 Å². The lowest BCUT2D eigenvalue weighted by atomic mass is 10.0. The molecular formula is C14H15NO2S. The van der Waals surface area contributed by atoms with Crippen molar-refractivity contribution in [2.45, 2.75) is 12.5 Å². The van der Waals surface area contributed by atoms with E-state index in [1.807, 2.05) is 41.8 Å². The van der Waals surface area contributed by atoms with Crippen LogP contribution in [0.3, 0.4) is 0 Å². The summed E-state index contributed by atoms with van der Waals surface area (Å²) in [6, 6.07) is 10.7. The van der Waals surface area contributed by atoms with Crippen LogP contribution >= 0.6 is 11.3 Å². The molecular weight excluding hydrogens is 246 g/mol. The summed E-state index contributed by atoms with van der Waals surface area (Å²) < 4.78 is 5.13. The average Bonchev–Trinajstić information content (AvgIpc) is 2.92. The van der Waals surface area contributed by atoms with Crippen LogP contribution in [-0.2, 0) is 11.2 Å². The molecule has 94 valence electrons. The molecule has 2 N–H and O–H groups in total. The topological polar surface area (TPSA) is 52.3 Å². The number of carbonyl (C=O) groups is 1. The molecule has 0 radical (unpaired) electrons. The van der Waals surface area contributed by atoms with Crippen LogP contribution in [-0.4, -0.2) is 12.9 Å². The van der Waals surface area contributed by atoms with Gasteiger partial charge in [0.1, 0.15) is 5.75 Å². The molecule has 0 aliphatic heterocycles. The Balaban J connectivity index is 2.06. The van der Waals surface area contributed by atoms with Crippen molar-refractivity contribution >= 4 is 17.1 Å². The third-order valence-corrected chi connectivity index (χ3v) is 3.66. The van der Waals surface area contributed by atoms with Crippen LogP contribution in [0.1, 0.15) is 16.5 Å². The SMILES string of the molecule is COc1cccc(CC(=O)C(N)c2cccs2)c1. The van der Waals surface area contributed by atoms with E-state index in [0.29, 0.717) is 6.42 Å². The second-order valence-corrected chi connectivity index (χ2v) is 4.97. The lowest BCUT2D eigenvalue weighted by Crippen LogP contribution is -2.22. The summed E-state index contributed by atoms with van der Waals surface area (Å²) >= 11 is 1.51. The van der Waals surface area contributed by atoms with Crippen LogP contribution in [0.5, 0.6) is 5.75 Å². The summed E-state index contributed by atoms with van der Waals surface area (Å²) in [6.45, 7) is 0. The highest BCUT2D eigenvalue weighted by Crippen LogP contribution is 2.20.